The quantitative estimate of drug-likeness (QED) is 0.710. The second kappa shape index (κ2) is 4.52. The van der Waals surface area contributed by atoms with E-state index in [9.17, 15) is 8.42 Å². The topological polar surface area (TPSA) is 76.0 Å². The van der Waals surface area contributed by atoms with Crippen molar-refractivity contribution < 1.29 is 8.42 Å². The Kier molecular flexibility index (Phi) is 3.27. The first-order valence-electron chi connectivity index (χ1n) is 5.31. The Bertz CT molecular complexity index is 450. The lowest BCUT2D eigenvalue weighted by Crippen LogP contribution is -2.22. The first kappa shape index (κ1) is 11.6. The molecule has 1 fully saturated rings. The number of sulfonamides is 1. The van der Waals surface area contributed by atoms with Crippen LogP contribution in [-0.4, -0.2) is 37.8 Å². The minimum absolute atomic E-state index is 0.210. The van der Waals surface area contributed by atoms with Crippen LogP contribution in [0, 0.1) is 0 Å². The van der Waals surface area contributed by atoms with Crippen LogP contribution in [0.2, 0.25) is 0 Å². The molecule has 0 unspecified atom stereocenters. The summed E-state index contributed by atoms with van der Waals surface area (Å²) in [5.74, 6) is 0. The van der Waals surface area contributed by atoms with Crippen LogP contribution >= 0.6 is 0 Å². The highest BCUT2D eigenvalue weighted by atomic mass is 32.2. The van der Waals surface area contributed by atoms with Gasteiger partial charge in [0.15, 0.2) is 0 Å². The van der Waals surface area contributed by atoms with E-state index in [0.29, 0.717) is 12.6 Å². The average Bonchev–Trinajstić information content (AvgIpc) is 2.94. The smallest absolute Gasteiger partial charge is 0.243 e. The molecule has 7 heteroatoms. The summed E-state index contributed by atoms with van der Waals surface area (Å²) in [5, 5.41) is 7.35. The number of hydrogen-bond acceptors (Lipinski definition) is 4. The van der Waals surface area contributed by atoms with Crippen LogP contribution in [0.25, 0.3) is 0 Å². The first-order valence-corrected chi connectivity index (χ1v) is 6.79. The molecule has 0 atom stereocenters. The Labute approximate surface area is 95.1 Å². The number of nitrogens with zero attached hydrogens (tertiary/aromatic N) is 2. The average molecular weight is 244 g/mol. The maximum Gasteiger partial charge on any atom is 0.243 e. The lowest BCUT2D eigenvalue weighted by atomic mass is 10.6. The molecule has 0 amide bonds. The summed E-state index contributed by atoms with van der Waals surface area (Å²) in [7, 11) is -1.97. The van der Waals surface area contributed by atoms with Crippen molar-refractivity contribution in [2.24, 2.45) is 0 Å². The van der Waals surface area contributed by atoms with Crippen LogP contribution in [0.4, 0.5) is 0 Å². The monoisotopic (exact) mass is 244 g/mol. The van der Waals surface area contributed by atoms with Crippen LogP contribution < -0.4 is 10.0 Å². The standard InChI is InChI=1S/C9H16N4O2S/c1-10-16(14,15)9-6-12-13(7-9)5-4-11-8-2-3-8/h6-8,10-11H,2-5H2,1H3. The van der Waals surface area contributed by atoms with Gasteiger partial charge in [-0.05, 0) is 19.9 Å². The van der Waals surface area contributed by atoms with E-state index < -0.39 is 10.0 Å². The van der Waals surface area contributed by atoms with Crippen LogP contribution in [0.1, 0.15) is 12.8 Å². The first-order chi connectivity index (χ1) is 7.62. The molecule has 0 saturated heterocycles. The highest BCUT2D eigenvalue weighted by Gasteiger charge is 2.20. The van der Waals surface area contributed by atoms with Crippen LogP contribution in [-0.2, 0) is 16.6 Å². The molecule has 1 heterocycles. The third-order valence-electron chi connectivity index (χ3n) is 2.54. The fraction of sp³-hybridized carbons (Fsp3) is 0.667. The van der Waals surface area contributed by atoms with Crippen molar-refractivity contribution in [3.8, 4) is 0 Å². The summed E-state index contributed by atoms with van der Waals surface area (Å²) in [6.07, 6.45) is 5.40. The predicted molar refractivity (Wildman–Crippen MR) is 59.5 cm³/mol. The highest BCUT2D eigenvalue weighted by Crippen LogP contribution is 2.18. The summed E-state index contributed by atoms with van der Waals surface area (Å²) in [6.45, 7) is 1.52. The van der Waals surface area contributed by atoms with E-state index in [4.69, 9.17) is 0 Å². The Morgan fingerprint density at radius 3 is 2.94 bits per heavy atom. The molecule has 1 saturated carbocycles. The molecule has 2 rings (SSSR count). The van der Waals surface area contributed by atoms with Gasteiger partial charge in [0.25, 0.3) is 0 Å². The van der Waals surface area contributed by atoms with Crippen LogP contribution in [0.15, 0.2) is 17.3 Å². The van der Waals surface area contributed by atoms with Gasteiger partial charge in [-0.15, -0.1) is 0 Å². The van der Waals surface area contributed by atoms with Gasteiger partial charge in [-0.2, -0.15) is 5.10 Å². The largest absolute Gasteiger partial charge is 0.312 e. The minimum Gasteiger partial charge on any atom is -0.312 e. The normalized spacial score (nSPS) is 16.6. The zero-order valence-corrected chi connectivity index (χ0v) is 10.00. The van der Waals surface area contributed by atoms with Gasteiger partial charge in [-0.3, -0.25) is 4.68 Å². The van der Waals surface area contributed by atoms with Crippen molar-refractivity contribution in [1.29, 1.82) is 0 Å². The Hall–Kier alpha value is -0.920. The summed E-state index contributed by atoms with van der Waals surface area (Å²) in [6, 6.07) is 0.663. The molecule has 1 aromatic rings. The van der Waals surface area contributed by atoms with Gasteiger partial charge >= 0.3 is 0 Å². The molecule has 2 N–H and O–H groups in total. The Balaban J connectivity index is 1.90. The maximum absolute atomic E-state index is 11.4. The second-order valence-electron chi connectivity index (χ2n) is 3.88. The van der Waals surface area contributed by atoms with E-state index in [1.807, 2.05) is 0 Å². The van der Waals surface area contributed by atoms with E-state index >= 15 is 0 Å². The molecule has 0 bridgehead atoms. The van der Waals surface area contributed by atoms with E-state index in [1.165, 1.54) is 26.1 Å². The van der Waals surface area contributed by atoms with Gasteiger partial charge in [0.1, 0.15) is 4.90 Å². The van der Waals surface area contributed by atoms with Gasteiger partial charge in [-0.1, -0.05) is 0 Å². The number of nitrogens with one attached hydrogen (secondary N) is 2. The molecule has 90 valence electrons. The van der Waals surface area contributed by atoms with Gasteiger partial charge in [-0.25, -0.2) is 13.1 Å². The van der Waals surface area contributed by atoms with Gasteiger partial charge in [0.2, 0.25) is 10.0 Å². The number of aromatic nitrogens is 2. The molecule has 0 spiro atoms. The zero-order chi connectivity index (χ0) is 11.6. The molecule has 1 aromatic heterocycles. The highest BCUT2D eigenvalue weighted by molar-refractivity contribution is 7.89. The third-order valence-corrected chi connectivity index (χ3v) is 3.91. The Morgan fingerprint density at radius 1 is 1.56 bits per heavy atom. The van der Waals surface area contributed by atoms with E-state index in [0.717, 1.165) is 6.54 Å². The number of hydrogen-bond donors (Lipinski definition) is 2. The predicted octanol–water partition coefficient (Wildman–Crippen LogP) is -0.457. The van der Waals surface area contributed by atoms with Crippen molar-refractivity contribution >= 4 is 10.0 Å². The van der Waals surface area contributed by atoms with E-state index in [-0.39, 0.29) is 4.90 Å². The van der Waals surface area contributed by atoms with Gasteiger partial charge < -0.3 is 5.32 Å². The Morgan fingerprint density at radius 2 is 2.31 bits per heavy atom. The van der Waals surface area contributed by atoms with Gasteiger partial charge in [0, 0.05) is 18.8 Å². The summed E-state index contributed by atoms with van der Waals surface area (Å²) in [4.78, 5) is 0.210. The van der Waals surface area contributed by atoms with Crippen LogP contribution in [0.3, 0.4) is 0 Å². The van der Waals surface area contributed by atoms with E-state index in [1.54, 1.807) is 10.9 Å². The van der Waals surface area contributed by atoms with Crippen molar-refractivity contribution in [1.82, 2.24) is 19.8 Å². The maximum atomic E-state index is 11.4. The molecule has 0 aliphatic heterocycles. The summed E-state index contributed by atoms with van der Waals surface area (Å²) < 4.78 is 26.7. The van der Waals surface area contributed by atoms with Crippen molar-refractivity contribution in [2.45, 2.75) is 30.3 Å². The number of rotatable bonds is 6. The molecule has 16 heavy (non-hydrogen) atoms. The molecule has 0 aromatic carbocycles. The second-order valence-corrected chi connectivity index (χ2v) is 5.76. The van der Waals surface area contributed by atoms with Crippen molar-refractivity contribution in [3.05, 3.63) is 12.4 Å². The fourth-order valence-electron chi connectivity index (χ4n) is 1.39. The van der Waals surface area contributed by atoms with Crippen molar-refractivity contribution in [3.63, 3.8) is 0 Å². The lowest BCUT2D eigenvalue weighted by Gasteiger charge is -2.02. The van der Waals surface area contributed by atoms with E-state index in [2.05, 4.69) is 15.1 Å². The SMILES string of the molecule is CNS(=O)(=O)c1cnn(CCNC2CC2)c1. The van der Waals surface area contributed by atoms with Crippen molar-refractivity contribution in [2.75, 3.05) is 13.6 Å². The molecule has 0 radical (unpaired) electrons. The lowest BCUT2D eigenvalue weighted by molar-refractivity contribution is 0.551. The molecular formula is C9H16N4O2S. The molecule has 1 aliphatic carbocycles. The zero-order valence-electron chi connectivity index (χ0n) is 9.18. The van der Waals surface area contributed by atoms with Gasteiger partial charge in [0.05, 0.1) is 12.7 Å². The van der Waals surface area contributed by atoms with Crippen LogP contribution in [0.5, 0.6) is 0 Å². The summed E-state index contributed by atoms with van der Waals surface area (Å²) in [5.41, 5.74) is 0. The summed E-state index contributed by atoms with van der Waals surface area (Å²) >= 11 is 0. The minimum atomic E-state index is -3.36. The third kappa shape index (κ3) is 2.81. The molecule has 6 nitrogen and oxygen atoms in total. The molecular weight excluding hydrogens is 228 g/mol. The fourth-order valence-corrected chi connectivity index (χ4v) is 2.08. The molecule has 1 aliphatic rings.